The number of aromatic nitrogens is 3. The Morgan fingerprint density at radius 3 is 2.52 bits per heavy atom. The molecular formula is C20H16FN5O. The lowest BCUT2D eigenvalue weighted by Crippen LogP contribution is -2.13. The van der Waals surface area contributed by atoms with Crippen LogP contribution in [0.4, 0.5) is 10.2 Å². The Morgan fingerprint density at radius 1 is 1.07 bits per heavy atom. The molecule has 1 aliphatic carbocycles. The normalized spacial score (nSPS) is 13.6. The zero-order valence-electron chi connectivity index (χ0n) is 14.4. The number of anilines is 1. The molecule has 3 aromatic rings. The third-order valence-corrected chi connectivity index (χ3v) is 4.69. The van der Waals surface area contributed by atoms with Gasteiger partial charge in [-0.05, 0) is 37.0 Å². The van der Waals surface area contributed by atoms with E-state index in [1.165, 1.54) is 12.4 Å². The van der Waals surface area contributed by atoms with Crippen LogP contribution in [0, 0.1) is 17.1 Å². The van der Waals surface area contributed by atoms with E-state index in [1.54, 1.807) is 30.5 Å². The van der Waals surface area contributed by atoms with E-state index in [0.29, 0.717) is 28.2 Å². The predicted octanol–water partition coefficient (Wildman–Crippen LogP) is 4.19. The van der Waals surface area contributed by atoms with Crippen molar-refractivity contribution in [1.82, 2.24) is 15.0 Å². The van der Waals surface area contributed by atoms with Crippen LogP contribution in [0.25, 0.3) is 11.3 Å². The number of hydrogen-bond acceptors (Lipinski definition) is 6. The van der Waals surface area contributed by atoms with Crippen molar-refractivity contribution in [3.05, 3.63) is 59.8 Å². The van der Waals surface area contributed by atoms with Gasteiger partial charge in [-0.3, -0.25) is 4.98 Å². The Balaban J connectivity index is 1.73. The molecule has 1 aromatic carbocycles. The minimum Gasteiger partial charge on any atom is -0.436 e. The molecule has 0 saturated heterocycles. The summed E-state index contributed by atoms with van der Waals surface area (Å²) in [7, 11) is 0. The molecule has 1 fully saturated rings. The number of halogens is 1. The van der Waals surface area contributed by atoms with E-state index < -0.39 is 5.82 Å². The maximum absolute atomic E-state index is 15.3. The molecule has 0 amide bonds. The lowest BCUT2D eigenvalue weighted by molar-refractivity contribution is 0.385. The Labute approximate surface area is 155 Å². The Morgan fingerprint density at radius 2 is 1.93 bits per heavy atom. The molecule has 2 aromatic heterocycles. The quantitative estimate of drug-likeness (QED) is 0.748. The van der Waals surface area contributed by atoms with Crippen molar-refractivity contribution in [2.45, 2.75) is 25.2 Å². The molecule has 0 unspecified atom stereocenters. The monoisotopic (exact) mass is 361 g/mol. The van der Waals surface area contributed by atoms with Gasteiger partial charge in [0.1, 0.15) is 11.9 Å². The minimum absolute atomic E-state index is 0.0984. The summed E-state index contributed by atoms with van der Waals surface area (Å²) in [5.41, 5.74) is 7.88. The molecule has 1 saturated carbocycles. The van der Waals surface area contributed by atoms with Crippen LogP contribution in [0.1, 0.15) is 36.3 Å². The summed E-state index contributed by atoms with van der Waals surface area (Å²) in [5, 5.41) is 8.84. The molecule has 27 heavy (non-hydrogen) atoms. The van der Waals surface area contributed by atoms with E-state index in [2.05, 4.69) is 15.0 Å². The highest BCUT2D eigenvalue weighted by Gasteiger charge is 2.28. The van der Waals surface area contributed by atoms with Gasteiger partial charge in [0.05, 0.1) is 23.7 Å². The second-order valence-electron chi connectivity index (χ2n) is 6.39. The SMILES string of the molecule is N#Cc1ccc(Oc2ccc(-c3cnc(N)cn3)c(C3CCC3)c2F)nc1. The van der Waals surface area contributed by atoms with Crippen LogP contribution in [0.5, 0.6) is 11.6 Å². The molecule has 7 heteroatoms. The van der Waals surface area contributed by atoms with Gasteiger partial charge < -0.3 is 10.5 Å². The second kappa shape index (κ2) is 7.00. The highest BCUT2D eigenvalue weighted by molar-refractivity contribution is 5.66. The average molecular weight is 361 g/mol. The Bertz CT molecular complexity index is 1010. The van der Waals surface area contributed by atoms with Crippen molar-refractivity contribution < 1.29 is 9.13 Å². The Kier molecular flexibility index (Phi) is 4.38. The number of nitrogen functional groups attached to an aromatic ring is 1. The third-order valence-electron chi connectivity index (χ3n) is 4.69. The summed E-state index contributed by atoms with van der Waals surface area (Å²) >= 11 is 0. The fraction of sp³-hybridized carbons (Fsp3) is 0.200. The first-order chi connectivity index (χ1) is 13.2. The van der Waals surface area contributed by atoms with Gasteiger partial charge in [0.15, 0.2) is 11.6 Å². The van der Waals surface area contributed by atoms with Gasteiger partial charge in [-0.2, -0.15) is 5.26 Å². The maximum atomic E-state index is 15.3. The summed E-state index contributed by atoms with van der Waals surface area (Å²) in [6.07, 6.45) is 7.31. The first kappa shape index (κ1) is 16.9. The first-order valence-corrected chi connectivity index (χ1v) is 8.60. The topological polar surface area (TPSA) is 97.7 Å². The van der Waals surface area contributed by atoms with Gasteiger partial charge >= 0.3 is 0 Å². The molecule has 134 valence electrons. The minimum atomic E-state index is -0.415. The number of nitriles is 1. The number of nitrogens with two attached hydrogens (primary N) is 1. The molecule has 6 nitrogen and oxygen atoms in total. The fourth-order valence-corrected chi connectivity index (χ4v) is 3.07. The van der Waals surface area contributed by atoms with Crippen LogP contribution in [0.15, 0.2) is 42.9 Å². The zero-order chi connectivity index (χ0) is 18.8. The molecule has 0 aliphatic heterocycles. The standard InChI is InChI=1S/C20H16FN5O/c21-20-16(27-18-7-4-12(8-22)9-26-18)6-5-14(19(20)13-2-1-3-13)15-10-25-17(23)11-24-15/h4-7,9-11,13H,1-3H2,(H2,23,25). The van der Waals surface area contributed by atoms with Crippen LogP contribution in [-0.2, 0) is 0 Å². The van der Waals surface area contributed by atoms with Crippen LogP contribution in [0.3, 0.4) is 0 Å². The zero-order valence-corrected chi connectivity index (χ0v) is 14.4. The van der Waals surface area contributed by atoms with Crippen molar-refractivity contribution in [3.63, 3.8) is 0 Å². The maximum Gasteiger partial charge on any atom is 0.219 e. The van der Waals surface area contributed by atoms with Gasteiger partial charge in [0.2, 0.25) is 5.88 Å². The van der Waals surface area contributed by atoms with Gasteiger partial charge in [-0.25, -0.2) is 14.4 Å². The molecule has 0 bridgehead atoms. The number of nitrogens with zero attached hydrogens (tertiary/aromatic N) is 4. The summed E-state index contributed by atoms with van der Waals surface area (Å²) < 4.78 is 20.9. The average Bonchev–Trinajstić information content (AvgIpc) is 2.65. The van der Waals surface area contributed by atoms with Gasteiger partial charge in [-0.15, -0.1) is 0 Å². The smallest absolute Gasteiger partial charge is 0.219 e. The van der Waals surface area contributed by atoms with E-state index >= 15 is 4.39 Å². The highest BCUT2D eigenvalue weighted by Crippen LogP contribution is 2.44. The van der Waals surface area contributed by atoms with Crippen molar-refractivity contribution in [1.29, 1.82) is 5.26 Å². The van der Waals surface area contributed by atoms with Crippen LogP contribution in [0.2, 0.25) is 0 Å². The molecule has 1 aliphatic rings. The van der Waals surface area contributed by atoms with E-state index in [0.717, 1.165) is 19.3 Å². The second-order valence-corrected chi connectivity index (χ2v) is 6.39. The largest absolute Gasteiger partial charge is 0.436 e. The molecule has 2 heterocycles. The lowest BCUT2D eigenvalue weighted by Gasteiger charge is -2.28. The van der Waals surface area contributed by atoms with Crippen LogP contribution in [-0.4, -0.2) is 15.0 Å². The number of rotatable bonds is 4. The van der Waals surface area contributed by atoms with E-state index in [-0.39, 0.29) is 17.5 Å². The third kappa shape index (κ3) is 3.29. The summed E-state index contributed by atoms with van der Waals surface area (Å²) in [6, 6.07) is 8.45. The molecule has 0 radical (unpaired) electrons. The van der Waals surface area contributed by atoms with Crippen molar-refractivity contribution in [2.75, 3.05) is 5.73 Å². The highest BCUT2D eigenvalue weighted by atomic mass is 19.1. The summed E-state index contributed by atoms with van der Waals surface area (Å²) in [6.45, 7) is 0. The molecular weight excluding hydrogens is 345 g/mol. The van der Waals surface area contributed by atoms with Gasteiger partial charge in [0.25, 0.3) is 0 Å². The first-order valence-electron chi connectivity index (χ1n) is 8.60. The van der Waals surface area contributed by atoms with E-state index in [1.807, 2.05) is 6.07 Å². The van der Waals surface area contributed by atoms with Crippen molar-refractivity contribution in [2.24, 2.45) is 0 Å². The van der Waals surface area contributed by atoms with Crippen molar-refractivity contribution in [3.8, 4) is 29.0 Å². The van der Waals surface area contributed by atoms with Gasteiger partial charge in [-0.1, -0.05) is 6.42 Å². The van der Waals surface area contributed by atoms with Crippen LogP contribution < -0.4 is 10.5 Å². The lowest BCUT2D eigenvalue weighted by atomic mass is 9.77. The molecule has 0 spiro atoms. The fourth-order valence-electron chi connectivity index (χ4n) is 3.07. The van der Waals surface area contributed by atoms with E-state index in [9.17, 15) is 0 Å². The number of hydrogen-bond donors (Lipinski definition) is 1. The number of ether oxygens (including phenoxy) is 1. The number of pyridine rings is 1. The number of benzene rings is 1. The van der Waals surface area contributed by atoms with Crippen LogP contribution >= 0.6 is 0 Å². The molecule has 2 N–H and O–H groups in total. The summed E-state index contributed by atoms with van der Waals surface area (Å²) in [4.78, 5) is 12.4. The van der Waals surface area contributed by atoms with Crippen molar-refractivity contribution >= 4 is 5.82 Å². The molecule has 4 rings (SSSR count). The Hall–Kier alpha value is -3.53. The van der Waals surface area contributed by atoms with Gasteiger partial charge in [0, 0.05) is 23.4 Å². The molecule has 0 atom stereocenters. The summed E-state index contributed by atoms with van der Waals surface area (Å²) in [5.74, 6) is 0.351. The van der Waals surface area contributed by atoms with E-state index in [4.69, 9.17) is 15.7 Å². The predicted molar refractivity (Wildman–Crippen MR) is 97.5 cm³/mol.